The molecule has 4 heteroatoms. The Kier molecular flexibility index (Phi) is 3.28. The summed E-state index contributed by atoms with van der Waals surface area (Å²) in [5.41, 5.74) is 3.50. The average Bonchev–Trinajstić information content (AvgIpc) is 2.97. The van der Waals surface area contributed by atoms with Crippen LogP contribution in [0, 0.1) is 5.41 Å². The second kappa shape index (κ2) is 5.25. The van der Waals surface area contributed by atoms with Gasteiger partial charge in [-0.15, -0.1) is 0 Å². The number of fused-ring (bicyclic) bond motifs is 1. The number of benzene rings is 2. The predicted octanol–water partition coefficient (Wildman–Crippen LogP) is 3.37. The van der Waals surface area contributed by atoms with E-state index < -0.39 is 0 Å². The monoisotopic (exact) mass is 278 g/mol. The zero-order chi connectivity index (χ0) is 14.8. The first kappa shape index (κ1) is 13.1. The fraction of sp³-hybridized carbons (Fsp3) is 0.0588. The van der Waals surface area contributed by atoms with Crippen molar-refractivity contribution < 1.29 is 9.53 Å². The summed E-state index contributed by atoms with van der Waals surface area (Å²) in [6, 6.07) is 14.7. The van der Waals surface area contributed by atoms with Gasteiger partial charge >= 0.3 is 5.97 Å². The van der Waals surface area contributed by atoms with Crippen molar-refractivity contribution in [3.8, 4) is 0 Å². The van der Waals surface area contributed by atoms with Crippen LogP contribution in [0.3, 0.4) is 0 Å². The molecule has 0 amide bonds. The largest absolute Gasteiger partial charge is 0.465 e. The Labute approximate surface area is 121 Å². The van der Waals surface area contributed by atoms with Crippen molar-refractivity contribution >= 4 is 22.6 Å². The van der Waals surface area contributed by atoms with Crippen LogP contribution in [0.2, 0.25) is 0 Å². The first-order valence-corrected chi connectivity index (χ1v) is 6.54. The number of H-pyrrole nitrogens is 1. The van der Waals surface area contributed by atoms with Gasteiger partial charge in [0.05, 0.1) is 18.4 Å². The zero-order valence-corrected chi connectivity index (χ0v) is 11.5. The van der Waals surface area contributed by atoms with E-state index in [2.05, 4.69) is 9.72 Å². The van der Waals surface area contributed by atoms with Crippen LogP contribution in [-0.4, -0.2) is 23.8 Å². The van der Waals surface area contributed by atoms with E-state index in [1.807, 2.05) is 30.5 Å². The number of methoxy groups -OCH3 is 1. The van der Waals surface area contributed by atoms with Gasteiger partial charge in [-0.1, -0.05) is 30.3 Å². The molecule has 4 nitrogen and oxygen atoms in total. The van der Waals surface area contributed by atoms with Gasteiger partial charge in [0.25, 0.3) is 0 Å². The van der Waals surface area contributed by atoms with Crippen LogP contribution in [0.25, 0.3) is 10.9 Å². The normalized spacial score (nSPS) is 10.5. The summed E-state index contributed by atoms with van der Waals surface area (Å²) in [5.74, 6) is -0.375. The van der Waals surface area contributed by atoms with Gasteiger partial charge < -0.3 is 9.72 Å². The molecule has 104 valence electrons. The number of carbonyl (C=O) groups is 1. The molecule has 0 radical (unpaired) electrons. The average molecular weight is 278 g/mol. The quantitative estimate of drug-likeness (QED) is 0.570. The molecule has 1 heterocycles. The van der Waals surface area contributed by atoms with Gasteiger partial charge in [0, 0.05) is 28.2 Å². The van der Waals surface area contributed by atoms with Crippen LogP contribution >= 0.6 is 0 Å². The topological polar surface area (TPSA) is 65.9 Å². The van der Waals surface area contributed by atoms with E-state index in [1.165, 1.54) is 7.11 Å². The maximum atomic E-state index is 11.4. The molecule has 0 aliphatic heterocycles. The van der Waals surface area contributed by atoms with Crippen molar-refractivity contribution in [2.24, 2.45) is 0 Å². The highest BCUT2D eigenvalue weighted by atomic mass is 16.5. The van der Waals surface area contributed by atoms with Gasteiger partial charge in [0.1, 0.15) is 0 Å². The minimum Gasteiger partial charge on any atom is -0.465 e. The van der Waals surface area contributed by atoms with Crippen molar-refractivity contribution in [1.82, 2.24) is 4.98 Å². The third-order valence-electron chi connectivity index (χ3n) is 3.45. The van der Waals surface area contributed by atoms with Gasteiger partial charge in [-0.3, -0.25) is 5.41 Å². The van der Waals surface area contributed by atoms with Crippen LogP contribution in [-0.2, 0) is 4.74 Å². The second-order valence-corrected chi connectivity index (χ2v) is 4.69. The predicted molar refractivity (Wildman–Crippen MR) is 82.0 cm³/mol. The minimum atomic E-state index is -0.375. The van der Waals surface area contributed by atoms with Crippen molar-refractivity contribution in [2.45, 2.75) is 0 Å². The van der Waals surface area contributed by atoms with Crippen molar-refractivity contribution in [3.63, 3.8) is 0 Å². The van der Waals surface area contributed by atoms with Crippen molar-refractivity contribution in [1.29, 1.82) is 5.41 Å². The summed E-state index contributed by atoms with van der Waals surface area (Å²) in [7, 11) is 1.35. The van der Waals surface area contributed by atoms with Gasteiger partial charge in [0.2, 0.25) is 0 Å². The molecule has 0 unspecified atom stereocenters. The molecule has 0 fully saturated rings. The van der Waals surface area contributed by atoms with E-state index in [0.29, 0.717) is 11.3 Å². The Morgan fingerprint density at radius 3 is 2.43 bits per heavy atom. The van der Waals surface area contributed by atoms with Crippen LogP contribution in [0.5, 0.6) is 0 Å². The number of aromatic amines is 1. The Bertz CT molecular complexity index is 816. The first-order valence-electron chi connectivity index (χ1n) is 6.54. The third-order valence-corrected chi connectivity index (χ3v) is 3.45. The molecular formula is C17H14N2O2. The number of para-hydroxylation sites is 1. The molecule has 1 aromatic heterocycles. The van der Waals surface area contributed by atoms with E-state index in [9.17, 15) is 4.79 Å². The summed E-state index contributed by atoms with van der Waals surface area (Å²) < 4.78 is 4.67. The Morgan fingerprint density at radius 2 is 1.71 bits per heavy atom. The van der Waals surface area contributed by atoms with Crippen LogP contribution in [0.1, 0.15) is 21.5 Å². The third kappa shape index (κ3) is 2.31. The summed E-state index contributed by atoms with van der Waals surface area (Å²) in [6.45, 7) is 0. The molecule has 0 saturated heterocycles. The minimum absolute atomic E-state index is 0.375. The molecular weight excluding hydrogens is 264 g/mol. The lowest BCUT2D eigenvalue weighted by Crippen LogP contribution is -2.04. The molecule has 0 aliphatic carbocycles. The number of hydrogen-bond donors (Lipinski definition) is 2. The number of nitrogens with one attached hydrogen (secondary N) is 2. The maximum Gasteiger partial charge on any atom is 0.337 e. The lowest BCUT2D eigenvalue weighted by Gasteiger charge is -2.04. The van der Waals surface area contributed by atoms with E-state index in [1.54, 1.807) is 24.3 Å². The van der Waals surface area contributed by atoms with E-state index in [0.717, 1.165) is 22.0 Å². The molecule has 21 heavy (non-hydrogen) atoms. The van der Waals surface area contributed by atoms with E-state index in [-0.39, 0.29) is 5.97 Å². The molecule has 0 spiro atoms. The number of ether oxygens (including phenoxy) is 1. The number of aromatic nitrogens is 1. The summed E-state index contributed by atoms with van der Waals surface area (Å²) >= 11 is 0. The highest BCUT2D eigenvalue weighted by molar-refractivity contribution is 6.17. The number of esters is 1. The molecule has 0 saturated carbocycles. The summed E-state index contributed by atoms with van der Waals surface area (Å²) in [5, 5.41) is 9.37. The van der Waals surface area contributed by atoms with Crippen LogP contribution < -0.4 is 0 Å². The zero-order valence-electron chi connectivity index (χ0n) is 11.5. The number of rotatable bonds is 3. The van der Waals surface area contributed by atoms with Crippen LogP contribution in [0.4, 0.5) is 0 Å². The Hall–Kier alpha value is -2.88. The molecule has 2 N–H and O–H groups in total. The SMILES string of the molecule is COC(=O)c1ccc(C(=N)c2c[nH]c3ccccc23)cc1. The fourth-order valence-corrected chi connectivity index (χ4v) is 2.32. The standard InChI is InChI=1S/C17H14N2O2/c1-21-17(20)12-8-6-11(7-9-12)16(18)14-10-19-15-5-3-2-4-13(14)15/h2-10,18-19H,1H3. The first-order chi connectivity index (χ1) is 10.2. The number of carbonyl (C=O) groups excluding carboxylic acids is 1. The highest BCUT2D eigenvalue weighted by Crippen LogP contribution is 2.21. The van der Waals surface area contributed by atoms with E-state index >= 15 is 0 Å². The van der Waals surface area contributed by atoms with Crippen molar-refractivity contribution in [3.05, 3.63) is 71.4 Å². The molecule has 3 rings (SSSR count). The lowest BCUT2D eigenvalue weighted by atomic mass is 10.0. The number of hydrogen-bond acceptors (Lipinski definition) is 3. The maximum absolute atomic E-state index is 11.4. The van der Waals surface area contributed by atoms with Crippen molar-refractivity contribution in [2.75, 3.05) is 7.11 Å². The molecule has 2 aromatic carbocycles. The Balaban J connectivity index is 1.97. The smallest absolute Gasteiger partial charge is 0.337 e. The molecule has 3 aromatic rings. The summed E-state index contributed by atoms with van der Waals surface area (Å²) in [6.07, 6.45) is 1.83. The van der Waals surface area contributed by atoms with Gasteiger partial charge in [-0.05, 0) is 18.2 Å². The van der Waals surface area contributed by atoms with Gasteiger partial charge in [-0.2, -0.15) is 0 Å². The fourth-order valence-electron chi connectivity index (χ4n) is 2.32. The molecule has 0 aliphatic rings. The molecule has 0 atom stereocenters. The highest BCUT2D eigenvalue weighted by Gasteiger charge is 2.11. The summed E-state index contributed by atoms with van der Waals surface area (Å²) in [4.78, 5) is 14.6. The second-order valence-electron chi connectivity index (χ2n) is 4.69. The molecule has 0 bridgehead atoms. The Morgan fingerprint density at radius 1 is 1.05 bits per heavy atom. The lowest BCUT2D eigenvalue weighted by molar-refractivity contribution is 0.0600. The van der Waals surface area contributed by atoms with Gasteiger partial charge in [0.15, 0.2) is 0 Å². The van der Waals surface area contributed by atoms with Crippen LogP contribution in [0.15, 0.2) is 54.7 Å². The van der Waals surface area contributed by atoms with Gasteiger partial charge in [-0.25, -0.2) is 4.79 Å². The van der Waals surface area contributed by atoms with E-state index in [4.69, 9.17) is 5.41 Å².